The first-order valence-corrected chi connectivity index (χ1v) is 34.0. The first-order chi connectivity index (χ1) is 41.0. The molecule has 0 aliphatic carbocycles. The van der Waals surface area contributed by atoms with Crippen LogP contribution in [0.4, 0.5) is 0 Å². The molecule has 0 aromatic heterocycles. The highest BCUT2D eigenvalue weighted by molar-refractivity contribution is 5.71. The van der Waals surface area contributed by atoms with Crippen molar-refractivity contribution in [1.82, 2.24) is 0 Å². The highest BCUT2D eigenvalue weighted by Gasteiger charge is 2.19. The fourth-order valence-electron chi connectivity index (χ4n) is 9.00. The molecule has 0 aliphatic heterocycles. The molecule has 0 aliphatic rings. The van der Waals surface area contributed by atoms with E-state index in [0.717, 1.165) is 122 Å². The zero-order chi connectivity index (χ0) is 59.9. The number of rotatable bonds is 60. The van der Waals surface area contributed by atoms with E-state index in [1.807, 2.05) is 6.08 Å². The monoisotopic (exact) mass is 1140 g/mol. The van der Waals surface area contributed by atoms with Crippen LogP contribution < -0.4 is 0 Å². The normalized spacial score (nSPS) is 13.1. The van der Waals surface area contributed by atoms with Crippen LogP contribution in [0.2, 0.25) is 0 Å². The Morgan fingerprint density at radius 3 is 0.807 bits per heavy atom. The number of allylic oxidation sites excluding steroid dienone is 26. The lowest BCUT2D eigenvalue weighted by Crippen LogP contribution is -2.30. The van der Waals surface area contributed by atoms with Gasteiger partial charge in [0.25, 0.3) is 0 Å². The van der Waals surface area contributed by atoms with E-state index in [0.29, 0.717) is 19.3 Å². The van der Waals surface area contributed by atoms with Gasteiger partial charge in [0.2, 0.25) is 0 Å². The van der Waals surface area contributed by atoms with E-state index in [1.54, 1.807) is 0 Å². The van der Waals surface area contributed by atoms with Crippen LogP contribution in [0, 0.1) is 0 Å². The summed E-state index contributed by atoms with van der Waals surface area (Å²) >= 11 is 0. The predicted octanol–water partition coefficient (Wildman–Crippen LogP) is 23.7. The van der Waals surface area contributed by atoms with Crippen LogP contribution in [0.3, 0.4) is 0 Å². The third-order valence-electron chi connectivity index (χ3n) is 14.0. The third-order valence-corrected chi connectivity index (χ3v) is 14.0. The van der Waals surface area contributed by atoms with Crippen molar-refractivity contribution in [3.05, 3.63) is 158 Å². The second kappa shape index (κ2) is 69.5. The van der Waals surface area contributed by atoms with Crippen molar-refractivity contribution in [2.45, 2.75) is 297 Å². The molecule has 0 radical (unpaired) electrons. The van der Waals surface area contributed by atoms with Crippen LogP contribution >= 0.6 is 0 Å². The van der Waals surface area contributed by atoms with E-state index >= 15 is 0 Å². The van der Waals surface area contributed by atoms with Gasteiger partial charge in [-0.15, -0.1) is 0 Å². The molecule has 468 valence electrons. The van der Waals surface area contributed by atoms with E-state index in [4.69, 9.17) is 14.2 Å². The predicted molar refractivity (Wildman–Crippen MR) is 362 cm³/mol. The fraction of sp³-hybridized carbons (Fsp3) is 0.623. The first-order valence-electron chi connectivity index (χ1n) is 34.0. The van der Waals surface area contributed by atoms with Gasteiger partial charge in [0.1, 0.15) is 13.2 Å². The average Bonchev–Trinajstić information content (AvgIpc) is 3.49. The summed E-state index contributed by atoms with van der Waals surface area (Å²) in [5.41, 5.74) is 0. The number of carbonyl (C=O) groups is 3. The summed E-state index contributed by atoms with van der Waals surface area (Å²) in [6.07, 6.45) is 101. The number of ether oxygens (including phenoxy) is 3. The first kappa shape index (κ1) is 78.0. The van der Waals surface area contributed by atoms with Crippen molar-refractivity contribution >= 4 is 17.9 Å². The molecule has 0 N–H and O–H groups in total. The molecule has 0 amide bonds. The zero-order valence-corrected chi connectivity index (χ0v) is 53.7. The van der Waals surface area contributed by atoms with Gasteiger partial charge in [-0.25, -0.2) is 0 Å². The van der Waals surface area contributed by atoms with E-state index in [1.165, 1.54) is 122 Å². The maximum absolute atomic E-state index is 13.0. The van der Waals surface area contributed by atoms with Crippen LogP contribution in [0.25, 0.3) is 0 Å². The Hall–Kier alpha value is -4.97. The van der Waals surface area contributed by atoms with Gasteiger partial charge in [-0.05, 0) is 135 Å². The van der Waals surface area contributed by atoms with Gasteiger partial charge < -0.3 is 14.2 Å². The minimum atomic E-state index is -0.824. The minimum Gasteiger partial charge on any atom is -0.462 e. The molecule has 0 bridgehead atoms. The highest BCUT2D eigenvalue weighted by atomic mass is 16.6. The molecule has 0 aromatic rings. The zero-order valence-electron chi connectivity index (χ0n) is 53.7. The Morgan fingerprint density at radius 2 is 0.494 bits per heavy atom. The molecule has 0 aromatic carbocycles. The van der Waals surface area contributed by atoms with Crippen LogP contribution in [-0.4, -0.2) is 37.2 Å². The van der Waals surface area contributed by atoms with Gasteiger partial charge in [0.15, 0.2) is 6.10 Å². The third kappa shape index (κ3) is 67.7. The quantitative estimate of drug-likeness (QED) is 0.0261. The molecule has 6 heteroatoms. The lowest BCUT2D eigenvalue weighted by Gasteiger charge is -2.18. The van der Waals surface area contributed by atoms with E-state index in [-0.39, 0.29) is 37.5 Å². The molecule has 1 unspecified atom stereocenters. The van der Waals surface area contributed by atoms with Gasteiger partial charge >= 0.3 is 17.9 Å². The highest BCUT2D eigenvalue weighted by Crippen LogP contribution is 2.15. The topological polar surface area (TPSA) is 78.9 Å². The molecular formula is C77H124O6. The van der Waals surface area contributed by atoms with Crippen molar-refractivity contribution in [2.75, 3.05) is 13.2 Å². The summed E-state index contributed by atoms with van der Waals surface area (Å²) in [4.78, 5) is 38.4. The van der Waals surface area contributed by atoms with Crippen molar-refractivity contribution in [2.24, 2.45) is 0 Å². The van der Waals surface area contributed by atoms with Crippen molar-refractivity contribution in [3.63, 3.8) is 0 Å². The summed E-state index contributed by atoms with van der Waals surface area (Å²) in [5.74, 6) is -1.01. The summed E-state index contributed by atoms with van der Waals surface area (Å²) in [6, 6.07) is 0. The van der Waals surface area contributed by atoms with Crippen LogP contribution in [0.15, 0.2) is 158 Å². The van der Waals surface area contributed by atoms with Crippen LogP contribution in [0.1, 0.15) is 290 Å². The number of hydrogen-bond acceptors (Lipinski definition) is 6. The number of hydrogen-bond donors (Lipinski definition) is 0. The number of esters is 3. The summed E-state index contributed by atoms with van der Waals surface area (Å²) < 4.78 is 16.9. The Morgan fingerprint density at radius 1 is 0.253 bits per heavy atom. The largest absolute Gasteiger partial charge is 0.462 e. The fourth-order valence-corrected chi connectivity index (χ4v) is 9.00. The second-order valence-corrected chi connectivity index (χ2v) is 22.0. The molecule has 83 heavy (non-hydrogen) atoms. The standard InChI is InChI=1S/C77H124O6/c1-4-7-10-13-16-19-22-25-28-31-34-36-37-38-39-41-43-46-49-52-55-58-61-64-67-70-76(79)82-73-74(72-81-75(78)69-66-63-60-57-54-51-48-45-42-33-30-27-24-21-18-15-12-9-6-3)83-77(80)71-68-65-62-59-56-53-50-47-44-40-35-32-29-26-23-20-17-14-11-8-5-2/h7,9-10,12,16,18-19,21,23,25-28,30,32,34-36,38-39,42,45,51,54,60,63,74H,4-6,8,11,13-15,17,20,22,24,29,31,33,37,40-41,43-44,46-50,52-53,55-59,61-62,64-73H2,1-3H3/b10-7-,12-9-,19-16-,21-18-,26-23-,28-25-,30-27-,35-32-,36-34-,39-38-,45-42-,54-51-,63-60-. The van der Waals surface area contributed by atoms with E-state index in [2.05, 4.69) is 173 Å². The summed E-state index contributed by atoms with van der Waals surface area (Å²) in [6.45, 7) is 6.34. The molecule has 0 spiro atoms. The molecule has 6 nitrogen and oxygen atoms in total. The molecule has 0 rings (SSSR count). The van der Waals surface area contributed by atoms with Crippen molar-refractivity contribution < 1.29 is 28.6 Å². The van der Waals surface area contributed by atoms with Gasteiger partial charge in [0.05, 0.1) is 0 Å². The lowest BCUT2D eigenvalue weighted by molar-refractivity contribution is -0.166. The van der Waals surface area contributed by atoms with Crippen LogP contribution in [-0.2, 0) is 28.6 Å². The molecular weight excluding hydrogens is 1020 g/mol. The van der Waals surface area contributed by atoms with Gasteiger partial charge in [-0.3, -0.25) is 14.4 Å². The number of carbonyl (C=O) groups excluding carboxylic acids is 3. The maximum atomic E-state index is 13.0. The smallest absolute Gasteiger partial charge is 0.306 e. The van der Waals surface area contributed by atoms with Crippen LogP contribution in [0.5, 0.6) is 0 Å². The Balaban J connectivity index is 4.50. The Kier molecular flexibility index (Phi) is 65.4. The Bertz CT molecular complexity index is 1840. The average molecular weight is 1150 g/mol. The summed E-state index contributed by atoms with van der Waals surface area (Å²) in [5, 5.41) is 0. The second-order valence-electron chi connectivity index (χ2n) is 22.0. The van der Waals surface area contributed by atoms with Crippen molar-refractivity contribution in [3.8, 4) is 0 Å². The van der Waals surface area contributed by atoms with Crippen molar-refractivity contribution in [1.29, 1.82) is 0 Å². The van der Waals surface area contributed by atoms with Gasteiger partial charge in [-0.1, -0.05) is 294 Å². The molecule has 0 fully saturated rings. The van der Waals surface area contributed by atoms with Gasteiger partial charge in [0, 0.05) is 19.3 Å². The summed E-state index contributed by atoms with van der Waals surface area (Å²) in [7, 11) is 0. The Labute approximate surface area is 511 Å². The number of unbranched alkanes of at least 4 members (excludes halogenated alkanes) is 23. The van der Waals surface area contributed by atoms with Gasteiger partial charge in [-0.2, -0.15) is 0 Å². The maximum Gasteiger partial charge on any atom is 0.306 e. The molecule has 0 saturated heterocycles. The SMILES string of the molecule is CC/C=C\C/C=C\C/C=C\C/C=C\C/C=C\C/C=C\CCC(=O)OCC(COC(=O)CCCCCCCCCCC/C=C\C/C=C\C/C=C\C/C=C\C/C=C\CC)OC(=O)CCCCCCCCCCC/C=C\C/C=C\CCCCCCC. The minimum absolute atomic E-state index is 0.112. The lowest BCUT2D eigenvalue weighted by atomic mass is 10.1. The molecule has 1 atom stereocenters. The van der Waals surface area contributed by atoms with E-state index in [9.17, 15) is 14.4 Å². The molecule has 0 saturated carbocycles. The molecule has 0 heterocycles. The van der Waals surface area contributed by atoms with E-state index < -0.39 is 6.10 Å².